The van der Waals surface area contributed by atoms with Gasteiger partial charge in [0.25, 0.3) is 11.8 Å². The maximum atomic E-state index is 13.2. The molecular formula is C29H27BrN2O5. The summed E-state index contributed by atoms with van der Waals surface area (Å²) in [5.74, 6) is -0.494. The average molecular weight is 563 g/mol. The normalized spacial score (nSPS) is 14.7. The maximum Gasteiger partial charge on any atom is 0.335 e. The number of urea groups is 1. The summed E-state index contributed by atoms with van der Waals surface area (Å²) < 4.78 is 12.5. The zero-order valence-corrected chi connectivity index (χ0v) is 22.6. The molecule has 0 radical (unpaired) electrons. The zero-order chi connectivity index (χ0) is 26.7. The number of hydrogen-bond acceptors (Lipinski definition) is 5. The highest BCUT2D eigenvalue weighted by molar-refractivity contribution is 9.10. The van der Waals surface area contributed by atoms with Crippen molar-refractivity contribution in [2.75, 3.05) is 11.5 Å². The molecule has 0 saturated carbocycles. The Bertz CT molecular complexity index is 1390. The second kappa shape index (κ2) is 11.0. The van der Waals surface area contributed by atoms with Crippen LogP contribution in [0.2, 0.25) is 0 Å². The van der Waals surface area contributed by atoms with Gasteiger partial charge >= 0.3 is 6.03 Å². The average Bonchev–Trinajstić information content (AvgIpc) is 2.82. The van der Waals surface area contributed by atoms with E-state index in [1.54, 1.807) is 36.4 Å². The lowest BCUT2D eigenvalue weighted by Crippen LogP contribution is -2.54. The van der Waals surface area contributed by atoms with Crippen molar-refractivity contribution in [3.8, 4) is 11.5 Å². The third-order valence-corrected chi connectivity index (χ3v) is 6.29. The molecule has 1 aliphatic heterocycles. The van der Waals surface area contributed by atoms with E-state index in [1.165, 1.54) is 6.08 Å². The van der Waals surface area contributed by atoms with Crippen LogP contribution in [0.4, 0.5) is 10.5 Å². The van der Waals surface area contributed by atoms with Crippen LogP contribution in [0.5, 0.6) is 11.5 Å². The van der Waals surface area contributed by atoms with Gasteiger partial charge in [-0.2, -0.15) is 0 Å². The predicted molar refractivity (Wildman–Crippen MR) is 146 cm³/mol. The van der Waals surface area contributed by atoms with Crippen LogP contribution in [0.3, 0.4) is 0 Å². The summed E-state index contributed by atoms with van der Waals surface area (Å²) in [5, 5.41) is 2.25. The van der Waals surface area contributed by atoms with E-state index in [4.69, 9.17) is 9.47 Å². The van der Waals surface area contributed by atoms with E-state index in [-0.39, 0.29) is 5.57 Å². The van der Waals surface area contributed by atoms with Gasteiger partial charge in [0.2, 0.25) is 0 Å². The maximum absolute atomic E-state index is 13.2. The number of hydrogen-bond donors (Lipinski definition) is 1. The number of ether oxygens (including phenoxy) is 2. The first-order valence-electron chi connectivity index (χ1n) is 11.8. The number of carbonyl (C=O) groups is 3. The van der Waals surface area contributed by atoms with E-state index in [1.807, 2.05) is 27.7 Å². The minimum Gasteiger partial charge on any atom is -0.490 e. The van der Waals surface area contributed by atoms with Gasteiger partial charge in [-0.25, -0.2) is 9.69 Å². The fourth-order valence-electron chi connectivity index (χ4n) is 4.13. The van der Waals surface area contributed by atoms with Crippen molar-refractivity contribution in [1.82, 2.24) is 5.32 Å². The van der Waals surface area contributed by atoms with Gasteiger partial charge in [0.1, 0.15) is 12.2 Å². The molecule has 37 heavy (non-hydrogen) atoms. The van der Waals surface area contributed by atoms with Gasteiger partial charge in [0.15, 0.2) is 11.5 Å². The van der Waals surface area contributed by atoms with Gasteiger partial charge in [0.05, 0.1) is 16.8 Å². The Morgan fingerprint density at radius 3 is 2.22 bits per heavy atom. The number of benzene rings is 3. The van der Waals surface area contributed by atoms with Crippen LogP contribution < -0.4 is 19.7 Å². The Labute approximate surface area is 224 Å². The molecule has 4 rings (SSSR count). The van der Waals surface area contributed by atoms with Crippen LogP contribution in [-0.2, 0) is 16.2 Å². The van der Waals surface area contributed by atoms with Crippen molar-refractivity contribution >= 4 is 45.5 Å². The number of anilines is 1. The zero-order valence-electron chi connectivity index (χ0n) is 21.1. The molecule has 1 saturated heterocycles. The lowest BCUT2D eigenvalue weighted by atomic mass is 10.1. The van der Waals surface area contributed by atoms with Gasteiger partial charge in [-0.1, -0.05) is 47.0 Å². The highest BCUT2D eigenvalue weighted by atomic mass is 79.9. The first-order valence-corrected chi connectivity index (χ1v) is 12.6. The van der Waals surface area contributed by atoms with E-state index < -0.39 is 17.8 Å². The molecule has 8 heteroatoms. The summed E-state index contributed by atoms with van der Waals surface area (Å²) in [6, 6.07) is 15.8. The number of aryl methyl sites for hydroxylation is 3. The number of rotatable bonds is 7. The number of imide groups is 2. The minimum absolute atomic E-state index is 0.168. The topological polar surface area (TPSA) is 84.9 Å². The molecule has 1 heterocycles. The fourth-order valence-corrected chi connectivity index (χ4v) is 4.71. The van der Waals surface area contributed by atoms with E-state index in [9.17, 15) is 14.4 Å². The Morgan fingerprint density at radius 2 is 1.57 bits per heavy atom. The second-order valence-corrected chi connectivity index (χ2v) is 9.70. The lowest BCUT2D eigenvalue weighted by molar-refractivity contribution is -0.122. The molecule has 0 aliphatic carbocycles. The first-order chi connectivity index (χ1) is 17.7. The first kappa shape index (κ1) is 26.2. The molecule has 0 unspecified atom stereocenters. The van der Waals surface area contributed by atoms with Gasteiger partial charge in [0, 0.05) is 0 Å². The van der Waals surface area contributed by atoms with Crippen molar-refractivity contribution in [2.45, 2.75) is 34.3 Å². The molecule has 0 atom stereocenters. The van der Waals surface area contributed by atoms with Gasteiger partial charge < -0.3 is 9.47 Å². The van der Waals surface area contributed by atoms with Crippen LogP contribution in [-0.4, -0.2) is 24.5 Å². The van der Waals surface area contributed by atoms with Gasteiger partial charge in [-0.15, -0.1) is 0 Å². The molecule has 0 aromatic heterocycles. The molecule has 1 N–H and O–H groups in total. The largest absolute Gasteiger partial charge is 0.490 e. The van der Waals surface area contributed by atoms with Crippen LogP contribution in [0.1, 0.15) is 34.7 Å². The highest BCUT2D eigenvalue weighted by Crippen LogP contribution is 2.38. The van der Waals surface area contributed by atoms with Crippen molar-refractivity contribution in [3.63, 3.8) is 0 Å². The highest BCUT2D eigenvalue weighted by Gasteiger charge is 2.36. The van der Waals surface area contributed by atoms with E-state index in [2.05, 4.69) is 39.4 Å². The summed E-state index contributed by atoms with van der Waals surface area (Å²) in [6.45, 7) is 8.57. The number of carbonyl (C=O) groups excluding carboxylic acids is 3. The second-order valence-electron chi connectivity index (χ2n) is 8.84. The van der Waals surface area contributed by atoms with Crippen molar-refractivity contribution in [1.29, 1.82) is 0 Å². The van der Waals surface area contributed by atoms with E-state index in [0.717, 1.165) is 27.2 Å². The van der Waals surface area contributed by atoms with Crippen molar-refractivity contribution in [3.05, 3.63) is 92.5 Å². The Kier molecular flexibility index (Phi) is 7.78. The molecule has 0 bridgehead atoms. The molecule has 3 aromatic rings. The number of amides is 4. The third kappa shape index (κ3) is 5.91. The Morgan fingerprint density at radius 1 is 0.892 bits per heavy atom. The molecule has 1 fully saturated rings. The third-order valence-electron chi connectivity index (χ3n) is 5.70. The molecular weight excluding hydrogens is 536 g/mol. The van der Waals surface area contributed by atoms with E-state index in [0.29, 0.717) is 40.4 Å². The van der Waals surface area contributed by atoms with Crippen LogP contribution in [0.25, 0.3) is 6.08 Å². The molecule has 4 amide bonds. The minimum atomic E-state index is -0.790. The van der Waals surface area contributed by atoms with Gasteiger partial charge in [-0.05, 0) is 85.1 Å². The summed E-state index contributed by atoms with van der Waals surface area (Å²) in [6.07, 6.45) is 1.44. The van der Waals surface area contributed by atoms with E-state index >= 15 is 0 Å². The Hall–Kier alpha value is -3.91. The number of nitrogens with zero attached hydrogens (tertiary/aromatic N) is 1. The fraction of sp³-hybridized carbons (Fsp3) is 0.207. The monoisotopic (exact) mass is 562 g/mol. The predicted octanol–water partition coefficient (Wildman–Crippen LogP) is 6.02. The summed E-state index contributed by atoms with van der Waals surface area (Å²) in [4.78, 5) is 39.3. The number of halogens is 1. The molecule has 3 aromatic carbocycles. The summed E-state index contributed by atoms with van der Waals surface area (Å²) in [5.41, 5.74) is 5.05. The van der Waals surface area contributed by atoms with Crippen LogP contribution in [0.15, 0.2) is 64.6 Å². The quantitative estimate of drug-likeness (QED) is 0.281. The SMILES string of the molecule is CCOc1cc(/C=C2\C(=O)NC(=O)N(c3ccc(C)cc3)C2=O)cc(Br)c1OCc1cc(C)cc(C)c1. The summed E-state index contributed by atoms with van der Waals surface area (Å²) in [7, 11) is 0. The Balaban J connectivity index is 1.66. The number of barbiturate groups is 1. The molecule has 190 valence electrons. The summed E-state index contributed by atoms with van der Waals surface area (Å²) >= 11 is 3.55. The van der Waals surface area contributed by atoms with Crippen LogP contribution in [0, 0.1) is 20.8 Å². The van der Waals surface area contributed by atoms with Crippen LogP contribution >= 0.6 is 15.9 Å². The standard InChI is InChI=1S/C29H27BrN2O5/c1-5-36-25-15-20(14-24(30)26(25)37-16-21-11-18(3)10-19(4)12-21)13-23-27(33)31-29(35)32(28(23)34)22-8-6-17(2)7-9-22/h6-15H,5,16H2,1-4H3,(H,31,33,35)/b23-13+. The molecule has 7 nitrogen and oxygen atoms in total. The van der Waals surface area contributed by atoms with Crippen molar-refractivity contribution in [2.24, 2.45) is 0 Å². The van der Waals surface area contributed by atoms with Crippen molar-refractivity contribution < 1.29 is 23.9 Å². The smallest absolute Gasteiger partial charge is 0.335 e. The molecule has 0 spiro atoms. The van der Waals surface area contributed by atoms with Gasteiger partial charge in [-0.3, -0.25) is 14.9 Å². The number of nitrogens with one attached hydrogen (secondary N) is 1. The lowest BCUT2D eigenvalue weighted by Gasteiger charge is -2.26. The molecule has 1 aliphatic rings.